The van der Waals surface area contributed by atoms with E-state index in [1.54, 1.807) is 0 Å². The normalized spacial score (nSPS) is 11.8. The van der Waals surface area contributed by atoms with Gasteiger partial charge in [-0.2, -0.15) is 0 Å². The van der Waals surface area contributed by atoms with Crippen LogP contribution in [0.15, 0.2) is 215 Å². The molecule has 0 aliphatic rings. The van der Waals surface area contributed by atoms with Gasteiger partial charge in [-0.25, -0.2) is 15.0 Å². The summed E-state index contributed by atoms with van der Waals surface area (Å²) in [5.41, 5.74) is 13.7. The number of rotatable bonds is 6. The summed E-state index contributed by atoms with van der Waals surface area (Å²) in [4.78, 5) is 15.4. The number of hydrogen-bond donors (Lipinski definition) is 0. The van der Waals surface area contributed by atoms with Gasteiger partial charge in [0.2, 0.25) is 0 Å². The molecular formula is C57H34N4O2. The summed E-state index contributed by atoms with van der Waals surface area (Å²) in [6, 6.07) is 71.5. The summed E-state index contributed by atoms with van der Waals surface area (Å²) in [7, 11) is 0. The van der Waals surface area contributed by atoms with E-state index in [0.717, 1.165) is 94.0 Å². The van der Waals surface area contributed by atoms with Crippen LogP contribution in [0.5, 0.6) is 0 Å². The van der Waals surface area contributed by atoms with Gasteiger partial charge in [-0.1, -0.05) is 158 Å². The monoisotopic (exact) mass is 806 g/mol. The summed E-state index contributed by atoms with van der Waals surface area (Å²) >= 11 is 0. The summed E-state index contributed by atoms with van der Waals surface area (Å²) in [6.45, 7) is 0. The van der Waals surface area contributed by atoms with Crippen molar-refractivity contribution in [1.29, 1.82) is 0 Å². The van der Waals surface area contributed by atoms with Crippen molar-refractivity contribution in [3.8, 4) is 62.1 Å². The smallest absolute Gasteiger partial charge is 0.164 e. The van der Waals surface area contributed by atoms with Gasteiger partial charge in [-0.05, 0) is 65.2 Å². The second kappa shape index (κ2) is 14.0. The molecule has 4 aromatic heterocycles. The third kappa shape index (κ3) is 5.69. The van der Waals surface area contributed by atoms with Crippen molar-refractivity contribution < 1.29 is 8.83 Å². The first-order valence-electron chi connectivity index (χ1n) is 21.1. The Morgan fingerprint density at radius 3 is 1.73 bits per heavy atom. The molecule has 63 heavy (non-hydrogen) atoms. The van der Waals surface area contributed by atoms with Crippen LogP contribution in [0.3, 0.4) is 0 Å². The maximum Gasteiger partial charge on any atom is 0.164 e. The van der Waals surface area contributed by atoms with Crippen LogP contribution in [0.25, 0.3) is 128 Å². The van der Waals surface area contributed by atoms with Gasteiger partial charge in [-0.3, -0.25) is 0 Å². The predicted octanol–water partition coefficient (Wildman–Crippen LogP) is 15.1. The minimum Gasteiger partial charge on any atom is -0.456 e. The summed E-state index contributed by atoms with van der Waals surface area (Å²) in [5.74, 6) is 1.75. The number of fused-ring (bicyclic) bond motifs is 9. The van der Waals surface area contributed by atoms with Crippen LogP contribution >= 0.6 is 0 Å². The highest BCUT2D eigenvalue weighted by atomic mass is 16.3. The molecule has 0 radical (unpaired) electrons. The maximum absolute atomic E-state index is 6.54. The molecule has 6 nitrogen and oxygen atoms in total. The van der Waals surface area contributed by atoms with E-state index < -0.39 is 0 Å². The molecule has 0 N–H and O–H groups in total. The third-order valence-electron chi connectivity index (χ3n) is 12.3. The van der Waals surface area contributed by atoms with Gasteiger partial charge >= 0.3 is 0 Å². The van der Waals surface area contributed by atoms with Crippen molar-refractivity contribution in [3.63, 3.8) is 0 Å². The van der Waals surface area contributed by atoms with E-state index >= 15 is 0 Å². The molecule has 4 heterocycles. The molecule has 13 aromatic rings. The Morgan fingerprint density at radius 2 is 0.889 bits per heavy atom. The van der Waals surface area contributed by atoms with E-state index in [2.05, 4.69) is 150 Å². The summed E-state index contributed by atoms with van der Waals surface area (Å²) in [6.07, 6.45) is 0. The van der Waals surface area contributed by atoms with E-state index in [1.807, 2.05) is 60.7 Å². The zero-order valence-corrected chi connectivity index (χ0v) is 33.7. The zero-order chi connectivity index (χ0) is 41.4. The molecule has 0 saturated heterocycles. The number of furan rings is 2. The molecule has 0 saturated carbocycles. The molecule has 0 unspecified atom stereocenters. The lowest BCUT2D eigenvalue weighted by Crippen LogP contribution is -2.00. The van der Waals surface area contributed by atoms with Crippen LogP contribution < -0.4 is 0 Å². The first-order valence-corrected chi connectivity index (χ1v) is 21.1. The SMILES string of the molecule is c1ccc(-c2nc(-c3ccc(-c4cccc5c4oc4ccccc45)cc3)nc(-c3cccc4oc5ccc(-c6ccc7c8ccccc8n(-c8ccccc8)c7c6)cc5c34)n2)cc1. The van der Waals surface area contributed by atoms with Gasteiger partial charge in [0.15, 0.2) is 17.5 Å². The van der Waals surface area contributed by atoms with Crippen molar-refractivity contribution >= 4 is 65.7 Å². The minimum atomic E-state index is 0.572. The lowest BCUT2D eigenvalue weighted by atomic mass is 9.99. The molecule has 294 valence electrons. The van der Waals surface area contributed by atoms with Crippen molar-refractivity contribution in [3.05, 3.63) is 206 Å². The first kappa shape index (κ1) is 35.2. The van der Waals surface area contributed by atoms with Crippen LogP contribution in [0.2, 0.25) is 0 Å². The lowest BCUT2D eigenvalue weighted by molar-refractivity contribution is 0.669. The molecular weight excluding hydrogens is 773 g/mol. The average molecular weight is 807 g/mol. The summed E-state index contributed by atoms with van der Waals surface area (Å²) in [5, 5.41) is 6.61. The average Bonchev–Trinajstić information content (AvgIpc) is 4.04. The van der Waals surface area contributed by atoms with E-state index in [0.29, 0.717) is 17.5 Å². The quantitative estimate of drug-likeness (QED) is 0.167. The van der Waals surface area contributed by atoms with E-state index in [4.69, 9.17) is 23.8 Å². The molecule has 0 atom stereocenters. The molecule has 0 aliphatic heterocycles. The second-order valence-electron chi connectivity index (χ2n) is 15.9. The van der Waals surface area contributed by atoms with Crippen molar-refractivity contribution in [1.82, 2.24) is 19.5 Å². The molecule has 0 aliphatic carbocycles. The number of aromatic nitrogens is 4. The van der Waals surface area contributed by atoms with Crippen molar-refractivity contribution in [2.24, 2.45) is 0 Å². The minimum absolute atomic E-state index is 0.572. The van der Waals surface area contributed by atoms with Crippen molar-refractivity contribution in [2.45, 2.75) is 0 Å². The fraction of sp³-hybridized carbons (Fsp3) is 0. The Hall–Kier alpha value is -8.61. The number of para-hydroxylation sites is 4. The predicted molar refractivity (Wildman–Crippen MR) is 256 cm³/mol. The van der Waals surface area contributed by atoms with Crippen molar-refractivity contribution in [2.75, 3.05) is 0 Å². The standard InChI is InChI=1S/C57H34N4O2/c1-3-13-36(14-4-1)55-58-56(37-27-25-35(26-28-37)41-19-11-20-45-44-18-8-10-23-50(44)63-54(41)45)60-57(59-55)46-21-12-24-52-53(46)47-33-38(30-32-51(47)62-52)39-29-31-43-42-17-7-9-22-48(42)61(49(43)34-39)40-15-5-2-6-16-40/h1-34H. The van der Waals surface area contributed by atoms with E-state index in [9.17, 15) is 0 Å². The van der Waals surface area contributed by atoms with Gasteiger partial charge in [-0.15, -0.1) is 0 Å². The Morgan fingerprint density at radius 1 is 0.317 bits per heavy atom. The fourth-order valence-corrected chi connectivity index (χ4v) is 9.31. The first-order chi connectivity index (χ1) is 31.2. The molecule has 13 rings (SSSR count). The van der Waals surface area contributed by atoms with Crippen LogP contribution in [0.4, 0.5) is 0 Å². The lowest BCUT2D eigenvalue weighted by Gasteiger charge is -2.10. The van der Waals surface area contributed by atoms with Gasteiger partial charge in [0.25, 0.3) is 0 Å². The molecule has 0 fully saturated rings. The highest BCUT2D eigenvalue weighted by Crippen LogP contribution is 2.41. The van der Waals surface area contributed by atoms with Crippen LogP contribution in [-0.4, -0.2) is 19.5 Å². The van der Waals surface area contributed by atoms with Gasteiger partial charge in [0.1, 0.15) is 22.3 Å². The molecule has 6 heteroatoms. The maximum atomic E-state index is 6.54. The molecule has 0 bridgehead atoms. The Bertz CT molecular complexity index is 3900. The number of nitrogens with zero attached hydrogens (tertiary/aromatic N) is 4. The van der Waals surface area contributed by atoms with Crippen LogP contribution in [0.1, 0.15) is 0 Å². The second-order valence-corrected chi connectivity index (χ2v) is 15.9. The van der Waals surface area contributed by atoms with Crippen LogP contribution in [-0.2, 0) is 0 Å². The third-order valence-corrected chi connectivity index (χ3v) is 12.3. The topological polar surface area (TPSA) is 69.9 Å². The van der Waals surface area contributed by atoms with E-state index in [-0.39, 0.29) is 0 Å². The zero-order valence-electron chi connectivity index (χ0n) is 33.7. The molecule has 0 amide bonds. The Kier molecular flexibility index (Phi) is 7.80. The molecule has 9 aromatic carbocycles. The Balaban J connectivity index is 0.948. The molecule has 0 spiro atoms. The largest absolute Gasteiger partial charge is 0.456 e. The van der Waals surface area contributed by atoms with E-state index in [1.165, 1.54) is 16.3 Å². The van der Waals surface area contributed by atoms with Gasteiger partial charge < -0.3 is 13.4 Å². The number of benzene rings is 9. The van der Waals surface area contributed by atoms with Gasteiger partial charge in [0.05, 0.1) is 11.0 Å². The highest BCUT2D eigenvalue weighted by molar-refractivity contribution is 6.14. The Labute approximate surface area is 361 Å². The summed E-state index contributed by atoms with van der Waals surface area (Å²) < 4.78 is 15.3. The van der Waals surface area contributed by atoms with Gasteiger partial charge in [0, 0.05) is 60.3 Å². The number of hydrogen-bond acceptors (Lipinski definition) is 5. The fourth-order valence-electron chi connectivity index (χ4n) is 9.31. The van der Waals surface area contributed by atoms with Crippen LogP contribution in [0, 0.1) is 0 Å². The highest BCUT2D eigenvalue weighted by Gasteiger charge is 2.20.